The Bertz CT molecular complexity index is 879. The van der Waals surface area contributed by atoms with Crippen LogP contribution in [0.15, 0.2) is 24.3 Å². The van der Waals surface area contributed by atoms with Gasteiger partial charge in [0.05, 0.1) is 11.4 Å². The van der Waals surface area contributed by atoms with Gasteiger partial charge >= 0.3 is 0 Å². The van der Waals surface area contributed by atoms with E-state index in [0.29, 0.717) is 11.4 Å². The minimum Gasteiger partial charge on any atom is -0.505 e. The average molecular weight is 426 g/mol. The monoisotopic (exact) mass is 425 g/mol. The SMILES string of the molecule is CC(C)(C)c1cc(Nc2cc(C(C)(C)C)cc(C(C)(C)C)c2O)c(O)c(C(C)(C)C)c1. The molecule has 3 nitrogen and oxygen atoms in total. The molecule has 2 rings (SSSR count). The third kappa shape index (κ3) is 5.56. The van der Waals surface area contributed by atoms with Gasteiger partial charge in [0.2, 0.25) is 0 Å². The van der Waals surface area contributed by atoms with Crippen LogP contribution in [0.3, 0.4) is 0 Å². The summed E-state index contributed by atoms with van der Waals surface area (Å²) < 4.78 is 0. The van der Waals surface area contributed by atoms with Gasteiger partial charge < -0.3 is 15.5 Å². The van der Waals surface area contributed by atoms with Gasteiger partial charge in [0.15, 0.2) is 0 Å². The molecule has 0 fully saturated rings. The predicted molar refractivity (Wildman–Crippen MR) is 134 cm³/mol. The lowest BCUT2D eigenvalue weighted by molar-refractivity contribution is 0.444. The molecule has 2 aromatic rings. The number of nitrogens with one attached hydrogen (secondary N) is 1. The zero-order valence-electron chi connectivity index (χ0n) is 21.7. The van der Waals surface area contributed by atoms with E-state index in [9.17, 15) is 10.2 Å². The molecular weight excluding hydrogens is 382 g/mol. The molecule has 0 aliphatic carbocycles. The number of phenolic OH excluding ortho intramolecular Hbond substituents is 2. The molecule has 0 aliphatic rings. The van der Waals surface area contributed by atoms with Crippen LogP contribution in [-0.4, -0.2) is 10.2 Å². The maximum atomic E-state index is 11.2. The van der Waals surface area contributed by atoms with Crippen molar-refractivity contribution in [2.24, 2.45) is 0 Å². The smallest absolute Gasteiger partial charge is 0.142 e. The van der Waals surface area contributed by atoms with Crippen LogP contribution >= 0.6 is 0 Å². The Hall–Kier alpha value is -2.16. The van der Waals surface area contributed by atoms with Gasteiger partial charge in [-0.3, -0.25) is 0 Å². The number of phenols is 2. The fraction of sp³-hybridized carbons (Fsp3) is 0.571. The first-order valence-corrected chi connectivity index (χ1v) is 11.3. The third-order valence-electron chi connectivity index (χ3n) is 5.84. The quantitative estimate of drug-likeness (QED) is 0.427. The molecule has 0 radical (unpaired) electrons. The van der Waals surface area contributed by atoms with Gasteiger partial charge in [-0.25, -0.2) is 0 Å². The van der Waals surface area contributed by atoms with E-state index < -0.39 is 0 Å². The third-order valence-corrected chi connectivity index (χ3v) is 5.84. The number of aromatic hydroxyl groups is 2. The highest BCUT2D eigenvalue weighted by Gasteiger charge is 2.28. The minimum atomic E-state index is -0.215. The van der Waals surface area contributed by atoms with E-state index >= 15 is 0 Å². The maximum Gasteiger partial charge on any atom is 0.142 e. The highest BCUT2D eigenvalue weighted by molar-refractivity contribution is 5.75. The van der Waals surface area contributed by atoms with E-state index in [4.69, 9.17) is 0 Å². The van der Waals surface area contributed by atoms with Gasteiger partial charge in [-0.2, -0.15) is 0 Å². The van der Waals surface area contributed by atoms with Crippen molar-refractivity contribution in [2.45, 2.75) is 105 Å². The average Bonchev–Trinajstić information content (AvgIpc) is 2.53. The van der Waals surface area contributed by atoms with E-state index in [2.05, 4.69) is 101 Å². The zero-order valence-corrected chi connectivity index (χ0v) is 21.7. The van der Waals surface area contributed by atoms with Crippen LogP contribution in [0, 0.1) is 0 Å². The first-order chi connectivity index (χ1) is 13.7. The molecule has 172 valence electrons. The van der Waals surface area contributed by atoms with Crippen LogP contribution in [0.2, 0.25) is 0 Å². The summed E-state index contributed by atoms with van der Waals surface area (Å²) in [4.78, 5) is 0. The van der Waals surface area contributed by atoms with E-state index in [1.54, 1.807) is 0 Å². The van der Waals surface area contributed by atoms with Crippen molar-refractivity contribution in [1.29, 1.82) is 0 Å². The number of hydrogen-bond donors (Lipinski definition) is 3. The van der Waals surface area contributed by atoms with Crippen LogP contribution < -0.4 is 5.32 Å². The van der Waals surface area contributed by atoms with Gasteiger partial charge in [0.25, 0.3) is 0 Å². The van der Waals surface area contributed by atoms with Crippen LogP contribution in [0.1, 0.15) is 105 Å². The fourth-order valence-electron chi connectivity index (χ4n) is 3.61. The Balaban J connectivity index is 2.78. The van der Waals surface area contributed by atoms with Crippen molar-refractivity contribution in [1.82, 2.24) is 0 Å². The molecule has 0 bridgehead atoms. The van der Waals surface area contributed by atoms with Crippen molar-refractivity contribution in [3.63, 3.8) is 0 Å². The molecule has 0 amide bonds. The molecular formula is C28H43NO2. The first kappa shape index (κ1) is 25.1. The lowest BCUT2D eigenvalue weighted by atomic mass is 9.79. The van der Waals surface area contributed by atoms with E-state index in [1.807, 2.05) is 12.1 Å². The zero-order chi connectivity index (χ0) is 24.2. The Morgan fingerprint density at radius 1 is 0.484 bits per heavy atom. The molecule has 0 heterocycles. The van der Waals surface area contributed by atoms with E-state index in [-0.39, 0.29) is 33.2 Å². The number of anilines is 2. The normalized spacial score (nSPS) is 13.4. The Morgan fingerprint density at radius 2 is 0.774 bits per heavy atom. The molecule has 3 heteroatoms. The van der Waals surface area contributed by atoms with Crippen LogP contribution in [0.4, 0.5) is 11.4 Å². The van der Waals surface area contributed by atoms with Gasteiger partial charge in [-0.15, -0.1) is 0 Å². The topological polar surface area (TPSA) is 52.5 Å². The minimum absolute atomic E-state index is 0.0734. The summed E-state index contributed by atoms with van der Waals surface area (Å²) in [5.74, 6) is 0.469. The lowest BCUT2D eigenvalue weighted by Crippen LogP contribution is -2.18. The summed E-state index contributed by atoms with van der Waals surface area (Å²) in [6.07, 6.45) is 0. The number of benzene rings is 2. The largest absolute Gasteiger partial charge is 0.505 e. The summed E-state index contributed by atoms with van der Waals surface area (Å²) in [7, 11) is 0. The van der Waals surface area contributed by atoms with Gasteiger partial charge in [-0.1, -0.05) is 95.2 Å². The Labute approximate surface area is 189 Å². The second-order valence-electron chi connectivity index (χ2n) is 13.0. The van der Waals surface area contributed by atoms with Crippen LogP contribution in [-0.2, 0) is 21.7 Å². The molecule has 0 atom stereocenters. The highest BCUT2D eigenvalue weighted by atomic mass is 16.3. The molecule has 3 N–H and O–H groups in total. The van der Waals surface area contributed by atoms with Crippen molar-refractivity contribution < 1.29 is 10.2 Å². The fourth-order valence-corrected chi connectivity index (χ4v) is 3.61. The highest BCUT2D eigenvalue weighted by Crippen LogP contribution is 2.45. The van der Waals surface area contributed by atoms with Gasteiger partial charge in [0.1, 0.15) is 11.5 Å². The molecule has 0 spiro atoms. The van der Waals surface area contributed by atoms with Crippen LogP contribution in [0.25, 0.3) is 0 Å². The Kier molecular flexibility index (Phi) is 6.28. The molecule has 0 aromatic heterocycles. The summed E-state index contributed by atoms with van der Waals surface area (Å²) in [6, 6.07) is 8.22. The maximum absolute atomic E-state index is 11.2. The lowest BCUT2D eigenvalue weighted by Gasteiger charge is -2.29. The van der Waals surface area contributed by atoms with Crippen molar-refractivity contribution in [2.75, 3.05) is 5.32 Å². The second kappa shape index (κ2) is 7.76. The van der Waals surface area contributed by atoms with E-state index in [0.717, 1.165) is 22.3 Å². The summed E-state index contributed by atoms with van der Waals surface area (Å²) in [6.45, 7) is 25.7. The summed E-state index contributed by atoms with van der Waals surface area (Å²) >= 11 is 0. The van der Waals surface area contributed by atoms with Crippen LogP contribution in [0.5, 0.6) is 11.5 Å². The Morgan fingerprint density at radius 3 is 1.00 bits per heavy atom. The van der Waals surface area contributed by atoms with Crippen molar-refractivity contribution in [3.05, 3.63) is 46.5 Å². The van der Waals surface area contributed by atoms with Gasteiger partial charge in [-0.05, 0) is 44.9 Å². The second-order valence-corrected chi connectivity index (χ2v) is 13.0. The molecule has 31 heavy (non-hydrogen) atoms. The molecule has 0 saturated carbocycles. The number of rotatable bonds is 2. The molecule has 0 unspecified atom stereocenters. The number of hydrogen-bond acceptors (Lipinski definition) is 3. The predicted octanol–water partition coefficient (Wildman–Crippen LogP) is 8.03. The van der Waals surface area contributed by atoms with Gasteiger partial charge in [0, 0.05) is 11.1 Å². The van der Waals surface area contributed by atoms with Crippen molar-refractivity contribution in [3.8, 4) is 11.5 Å². The standard InChI is InChI=1S/C28H43NO2/c1-25(2,3)17-13-19(27(7,8)9)23(30)21(15-17)29-22-16-18(26(4,5)6)14-20(24(22)31)28(10,11)12/h13-16,29-31H,1-12H3. The first-order valence-electron chi connectivity index (χ1n) is 11.3. The summed E-state index contributed by atoms with van der Waals surface area (Å²) in [5.41, 5.74) is 4.74. The van der Waals surface area contributed by atoms with Crippen molar-refractivity contribution >= 4 is 11.4 Å². The molecule has 2 aromatic carbocycles. The molecule has 0 aliphatic heterocycles. The molecule has 0 saturated heterocycles. The van der Waals surface area contributed by atoms with E-state index in [1.165, 1.54) is 0 Å². The summed E-state index contributed by atoms with van der Waals surface area (Å²) in [5, 5.41) is 25.8.